The Kier molecular flexibility index (Phi) is 6.71. The fourth-order valence-corrected chi connectivity index (χ4v) is 4.77. The molecule has 0 aliphatic heterocycles. The first kappa shape index (κ1) is 22.5. The lowest BCUT2D eigenvalue weighted by atomic mass is 10.1. The number of aromatic carboxylic acids is 1. The molecule has 0 saturated heterocycles. The monoisotopic (exact) mass is 477 g/mol. The first-order valence-corrected chi connectivity index (χ1v) is 11.7. The van der Waals surface area contributed by atoms with Crippen LogP contribution in [-0.4, -0.2) is 33.6 Å². The maximum atomic E-state index is 12.5. The van der Waals surface area contributed by atoms with Crippen LogP contribution in [0, 0.1) is 6.92 Å². The SMILES string of the molecule is Cc1ccc2nc(NC(=O)CSc3ccc(NC(=O)c4ccccc4C(=O)O)cc3)sc2c1. The number of thiazole rings is 1. The zero-order chi connectivity index (χ0) is 23.4. The van der Waals surface area contributed by atoms with E-state index in [1.54, 1.807) is 36.4 Å². The maximum Gasteiger partial charge on any atom is 0.336 e. The van der Waals surface area contributed by atoms with Crippen molar-refractivity contribution in [2.24, 2.45) is 0 Å². The van der Waals surface area contributed by atoms with E-state index >= 15 is 0 Å². The Bertz CT molecular complexity index is 1350. The highest BCUT2D eigenvalue weighted by atomic mass is 32.2. The van der Waals surface area contributed by atoms with E-state index in [2.05, 4.69) is 15.6 Å². The number of hydrogen-bond donors (Lipinski definition) is 3. The molecule has 3 N–H and O–H groups in total. The van der Waals surface area contributed by atoms with Gasteiger partial charge < -0.3 is 15.7 Å². The summed E-state index contributed by atoms with van der Waals surface area (Å²) >= 11 is 2.80. The highest BCUT2D eigenvalue weighted by Gasteiger charge is 2.16. The average molecular weight is 478 g/mol. The molecule has 3 aromatic carbocycles. The van der Waals surface area contributed by atoms with Crippen molar-refractivity contribution in [1.29, 1.82) is 0 Å². The number of rotatable bonds is 7. The molecule has 0 radical (unpaired) electrons. The van der Waals surface area contributed by atoms with E-state index in [4.69, 9.17) is 0 Å². The van der Waals surface area contributed by atoms with Gasteiger partial charge in [-0.05, 0) is 61.0 Å². The van der Waals surface area contributed by atoms with Gasteiger partial charge in [0.1, 0.15) is 0 Å². The number of fused-ring (bicyclic) bond motifs is 1. The van der Waals surface area contributed by atoms with Crippen LogP contribution in [0.1, 0.15) is 26.3 Å². The van der Waals surface area contributed by atoms with Crippen molar-refractivity contribution in [1.82, 2.24) is 4.98 Å². The second kappa shape index (κ2) is 9.85. The summed E-state index contributed by atoms with van der Waals surface area (Å²) in [5.41, 5.74) is 2.56. The average Bonchev–Trinajstić information content (AvgIpc) is 3.19. The van der Waals surface area contributed by atoms with Crippen LogP contribution in [0.3, 0.4) is 0 Å². The van der Waals surface area contributed by atoms with E-state index in [0.717, 1.165) is 20.7 Å². The topological polar surface area (TPSA) is 108 Å². The zero-order valence-electron chi connectivity index (χ0n) is 17.5. The lowest BCUT2D eigenvalue weighted by Gasteiger charge is -2.08. The highest BCUT2D eigenvalue weighted by Crippen LogP contribution is 2.27. The lowest BCUT2D eigenvalue weighted by molar-refractivity contribution is -0.113. The second-order valence-corrected chi connectivity index (χ2v) is 9.24. The normalized spacial score (nSPS) is 10.7. The van der Waals surface area contributed by atoms with Gasteiger partial charge in [-0.2, -0.15) is 0 Å². The molecule has 0 unspecified atom stereocenters. The van der Waals surface area contributed by atoms with Gasteiger partial charge in [-0.25, -0.2) is 9.78 Å². The summed E-state index contributed by atoms with van der Waals surface area (Å²) in [6.07, 6.45) is 0. The van der Waals surface area contributed by atoms with Gasteiger partial charge in [0.05, 0.1) is 27.1 Å². The number of nitrogens with one attached hydrogen (secondary N) is 2. The molecule has 0 aliphatic carbocycles. The number of amides is 2. The van der Waals surface area contributed by atoms with Crippen molar-refractivity contribution in [3.8, 4) is 0 Å². The van der Waals surface area contributed by atoms with Gasteiger partial charge in [-0.15, -0.1) is 11.8 Å². The molecule has 0 bridgehead atoms. The largest absolute Gasteiger partial charge is 0.478 e. The minimum Gasteiger partial charge on any atom is -0.478 e. The number of carboxylic acid groups (broad SMARTS) is 1. The van der Waals surface area contributed by atoms with Crippen molar-refractivity contribution in [3.63, 3.8) is 0 Å². The molecule has 4 aromatic rings. The maximum absolute atomic E-state index is 12.5. The number of anilines is 2. The molecule has 0 saturated carbocycles. The Morgan fingerprint density at radius 3 is 2.42 bits per heavy atom. The number of benzene rings is 3. The summed E-state index contributed by atoms with van der Waals surface area (Å²) in [4.78, 5) is 41.4. The Balaban J connectivity index is 1.32. The Morgan fingerprint density at radius 2 is 1.70 bits per heavy atom. The number of carbonyl (C=O) groups excluding carboxylic acids is 2. The third kappa shape index (κ3) is 5.57. The number of aromatic nitrogens is 1. The van der Waals surface area contributed by atoms with Crippen molar-refractivity contribution < 1.29 is 19.5 Å². The molecule has 7 nitrogen and oxygen atoms in total. The van der Waals surface area contributed by atoms with Crippen LogP contribution in [0.4, 0.5) is 10.8 Å². The van der Waals surface area contributed by atoms with Gasteiger partial charge in [0.25, 0.3) is 5.91 Å². The Labute approximate surface area is 197 Å². The molecule has 1 aromatic heterocycles. The molecule has 0 aliphatic rings. The minimum atomic E-state index is -1.16. The number of thioether (sulfide) groups is 1. The molecule has 0 fully saturated rings. The second-order valence-electron chi connectivity index (χ2n) is 7.16. The number of aryl methyl sites for hydroxylation is 1. The predicted molar refractivity (Wildman–Crippen MR) is 132 cm³/mol. The summed E-state index contributed by atoms with van der Waals surface area (Å²) in [7, 11) is 0. The third-order valence-electron chi connectivity index (χ3n) is 4.67. The van der Waals surface area contributed by atoms with E-state index in [0.29, 0.717) is 10.8 Å². The van der Waals surface area contributed by atoms with Crippen LogP contribution in [0.5, 0.6) is 0 Å². The lowest BCUT2D eigenvalue weighted by Crippen LogP contribution is -2.16. The van der Waals surface area contributed by atoms with E-state index in [-0.39, 0.29) is 22.8 Å². The molecule has 9 heteroatoms. The minimum absolute atomic E-state index is 0.0588. The van der Waals surface area contributed by atoms with E-state index in [1.807, 2.05) is 25.1 Å². The smallest absolute Gasteiger partial charge is 0.336 e. The van der Waals surface area contributed by atoms with Crippen LogP contribution >= 0.6 is 23.1 Å². The van der Waals surface area contributed by atoms with Crippen LogP contribution in [0.2, 0.25) is 0 Å². The summed E-state index contributed by atoms with van der Waals surface area (Å²) in [5.74, 6) is -1.60. The van der Waals surface area contributed by atoms with E-state index in [9.17, 15) is 19.5 Å². The van der Waals surface area contributed by atoms with Crippen molar-refractivity contribution in [2.75, 3.05) is 16.4 Å². The molecular formula is C24H19N3O4S2. The molecule has 0 spiro atoms. The first-order chi connectivity index (χ1) is 15.9. The van der Waals surface area contributed by atoms with Crippen LogP contribution < -0.4 is 10.6 Å². The summed E-state index contributed by atoms with van der Waals surface area (Å²) in [6.45, 7) is 2.01. The fraction of sp³-hybridized carbons (Fsp3) is 0.0833. The van der Waals surface area contributed by atoms with Gasteiger partial charge in [0.2, 0.25) is 5.91 Å². The van der Waals surface area contributed by atoms with Crippen LogP contribution in [-0.2, 0) is 4.79 Å². The zero-order valence-corrected chi connectivity index (χ0v) is 19.1. The van der Waals surface area contributed by atoms with E-state index in [1.165, 1.54) is 35.2 Å². The van der Waals surface area contributed by atoms with Crippen LogP contribution in [0.15, 0.2) is 71.6 Å². The van der Waals surface area contributed by atoms with Gasteiger partial charge in [-0.3, -0.25) is 9.59 Å². The van der Waals surface area contributed by atoms with Gasteiger partial charge in [0, 0.05) is 10.6 Å². The number of hydrogen-bond acceptors (Lipinski definition) is 6. The van der Waals surface area contributed by atoms with Gasteiger partial charge in [-0.1, -0.05) is 29.5 Å². The van der Waals surface area contributed by atoms with Crippen LogP contribution in [0.25, 0.3) is 10.2 Å². The molecular weight excluding hydrogens is 458 g/mol. The quantitative estimate of drug-likeness (QED) is 0.312. The predicted octanol–water partition coefficient (Wildman–Crippen LogP) is 5.29. The Hall–Kier alpha value is -3.69. The molecule has 2 amide bonds. The molecule has 166 valence electrons. The number of nitrogens with zero attached hydrogens (tertiary/aromatic N) is 1. The Morgan fingerprint density at radius 1 is 0.970 bits per heavy atom. The van der Waals surface area contributed by atoms with Crippen molar-refractivity contribution in [3.05, 3.63) is 83.4 Å². The number of carbonyl (C=O) groups is 3. The van der Waals surface area contributed by atoms with Gasteiger partial charge >= 0.3 is 5.97 Å². The van der Waals surface area contributed by atoms with Crippen molar-refractivity contribution in [2.45, 2.75) is 11.8 Å². The first-order valence-electron chi connectivity index (χ1n) is 9.92. The fourth-order valence-electron chi connectivity index (χ4n) is 3.09. The van der Waals surface area contributed by atoms with Gasteiger partial charge in [0.15, 0.2) is 5.13 Å². The molecule has 0 atom stereocenters. The molecule has 1 heterocycles. The third-order valence-corrected chi connectivity index (χ3v) is 6.62. The summed E-state index contributed by atoms with van der Waals surface area (Å²) in [5, 5.41) is 15.3. The van der Waals surface area contributed by atoms with Crippen molar-refractivity contribution >= 4 is 61.9 Å². The molecule has 33 heavy (non-hydrogen) atoms. The van der Waals surface area contributed by atoms with E-state index < -0.39 is 11.9 Å². The highest BCUT2D eigenvalue weighted by molar-refractivity contribution is 8.00. The summed E-state index contributed by atoms with van der Waals surface area (Å²) in [6, 6.07) is 19.0. The standard InChI is InChI=1S/C24H19N3O4S2/c1-14-6-11-19-20(12-14)33-24(26-19)27-21(28)13-32-16-9-7-15(8-10-16)25-22(29)17-4-2-3-5-18(17)23(30)31/h2-12H,13H2,1H3,(H,25,29)(H,30,31)(H,26,27,28). The number of carboxylic acids is 1. The molecule has 4 rings (SSSR count). The summed E-state index contributed by atoms with van der Waals surface area (Å²) < 4.78 is 1.03.